The van der Waals surface area contributed by atoms with E-state index in [1.54, 1.807) is 29.4 Å². The summed E-state index contributed by atoms with van der Waals surface area (Å²) in [6.07, 6.45) is 4.73. The molecule has 1 atom stereocenters. The minimum absolute atomic E-state index is 0.116. The number of carbonyl (C=O) groups excluding carboxylic acids is 1. The highest BCUT2D eigenvalue weighted by atomic mass is 16.5. The molecule has 0 N–H and O–H groups in total. The fourth-order valence-electron chi connectivity index (χ4n) is 3.47. The number of amides is 1. The van der Waals surface area contributed by atoms with Gasteiger partial charge in [-0.3, -0.25) is 4.79 Å². The highest BCUT2D eigenvalue weighted by Crippen LogP contribution is 2.38. The molecular formula is C21H28N4O5. The molecule has 1 amide bonds. The van der Waals surface area contributed by atoms with Gasteiger partial charge < -0.3 is 28.7 Å². The van der Waals surface area contributed by atoms with Crippen LogP contribution >= 0.6 is 0 Å². The maximum atomic E-state index is 13.2. The monoisotopic (exact) mass is 416 g/mol. The third-order valence-corrected chi connectivity index (χ3v) is 4.93. The third kappa shape index (κ3) is 4.50. The zero-order valence-electron chi connectivity index (χ0n) is 18.0. The van der Waals surface area contributed by atoms with Crippen molar-refractivity contribution in [3.63, 3.8) is 0 Å². The molecule has 1 aromatic carbocycles. The lowest BCUT2D eigenvalue weighted by Crippen LogP contribution is -2.44. The lowest BCUT2D eigenvalue weighted by Gasteiger charge is -2.33. The molecule has 1 aliphatic heterocycles. The molecule has 9 nitrogen and oxygen atoms in total. The Morgan fingerprint density at radius 1 is 1.07 bits per heavy atom. The Hall–Kier alpha value is -3.23. The van der Waals surface area contributed by atoms with Gasteiger partial charge in [0.1, 0.15) is 6.10 Å². The van der Waals surface area contributed by atoms with Gasteiger partial charge in [-0.1, -0.05) is 0 Å². The van der Waals surface area contributed by atoms with Crippen LogP contribution in [0.2, 0.25) is 0 Å². The first-order chi connectivity index (χ1) is 14.5. The van der Waals surface area contributed by atoms with E-state index in [1.807, 2.05) is 19.0 Å². The molecule has 9 heteroatoms. The summed E-state index contributed by atoms with van der Waals surface area (Å²) in [4.78, 5) is 25.4. The molecule has 0 radical (unpaired) electrons. The van der Waals surface area contributed by atoms with Gasteiger partial charge in [-0.15, -0.1) is 0 Å². The van der Waals surface area contributed by atoms with Gasteiger partial charge in [0.25, 0.3) is 11.8 Å². The number of aromatic nitrogens is 2. The highest BCUT2D eigenvalue weighted by molar-refractivity contribution is 5.95. The van der Waals surface area contributed by atoms with E-state index in [9.17, 15) is 4.79 Å². The predicted molar refractivity (Wildman–Crippen MR) is 112 cm³/mol. The Bertz CT molecular complexity index is 864. The van der Waals surface area contributed by atoms with Crippen LogP contribution in [0.5, 0.6) is 23.1 Å². The second-order valence-electron chi connectivity index (χ2n) is 7.13. The van der Waals surface area contributed by atoms with Crippen LogP contribution < -0.4 is 23.8 Å². The summed E-state index contributed by atoms with van der Waals surface area (Å²) in [5.74, 6) is 2.35. The van der Waals surface area contributed by atoms with Crippen LogP contribution in [0.4, 0.5) is 5.82 Å². The van der Waals surface area contributed by atoms with Crippen molar-refractivity contribution in [3.8, 4) is 23.1 Å². The second kappa shape index (κ2) is 9.51. The van der Waals surface area contributed by atoms with Gasteiger partial charge in [-0.05, 0) is 25.0 Å². The molecule has 2 heterocycles. The smallest absolute Gasteiger partial charge is 0.257 e. The van der Waals surface area contributed by atoms with Crippen LogP contribution in [0.3, 0.4) is 0 Å². The standard InChI is InChI=1S/C21H28N4O5/c1-24(2)19-20(23-9-8-22-19)30-15-7-6-10-25(13-15)21(26)14-11-16(27-3)18(29-5)17(12-14)28-4/h8-9,11-12,15H,6-7,10,13H2,1-5H3. The van der Waals surface area contributed by atoms with E-state index in [0.717, 1.165) is 12.8 Å². The first-order valence-electron chi connectivity index (χ1n) is 9.72. The molecule has 1 saturated heterocycles. The first-order valence-corrected chi connectivity index (χ1v) is 9.72. The van der Waals surface area contributed by atoms with E-state index in [4.69, 9.17) is 18.9 Å². The average molecular weight is 416 g/mol. The van der Waals surface area contributed by atoms with E-state index in [-0.39, 0.29) is 12.0 Å². The third-order valence-electron chi connectivity index (χ3n) is 4.93. The van der Waals surface area contributed by atoms with Crippen LogP contribution in [-0.4, -0.2) is 75.4 Å². The highest BCUT2D eigenvalue weighted by Gasteiger charge is 2.28. The molecule has 1 aromatic heterocycles. The summed E-state index contributed by atoms with van der Waals surface area (Å²) in [5, 5.41) is 0. The first kappa shape index (κ1) is 21.5. The van der Waals surface area contributed by atoms with E-state index >= 15 is 0 Å². The molecule has 2 aromatic rings. The van der Waals surface area contributed by atoms with E-state index < -0.39 is 0 Å². The van der Waals surface area contributed by atoms with Crippen molar-refractivity contribution in [2.24, 2.45) is 0 Å². The molecule has 1 fully saturated rings. The Morgan fingerprint density at radius 3 is 2.33 bits per heavy atom. The molecule has 0 aliphatic carbocycles. The van der Waals surface area contributed by atoms with Crippen molar-refractivity contribution < 1.29 is 23.7 Å². The van der Waals surface area contributed by atoms with Gasteiger partial charge in [0.2, 0.25) is 5.75 Å². The van der Waals surface area contributed by atoms with E-state index in [1.165, 1.54) is 21.3 Å². The lowest BCUT2D eigenvalue weighted by molar-refractivity contribution is 0.0527. The van der Waals surface area contributed by atoms with Gasteiger partial charge in [0.15, 0.2) is 17.3 Å². The van der Waals surface area contributed by atoms with Crippen LogP contribution in [-0.2, 0) is 0 Å². The number of carbonyl (C=O) groups is 1. The Balaban J connectivity index is 1.78. The molecular weight excluding hydrogens is 388 g/mol. The number of hydrogen-bond acceptors (Lipinski definition) is 8. The van der Waals surface area contributed by atoms with E-state index in [2.05, 4.69) is 9.97 Å². The minimum Gasteiger partial charge on any atom is -0.493 e. The SMILES string of the molecule is COc1cc(C(=O)N2CCCC(Oc3nccnc3N(C)C)C2)cc(OC)c1OC. The Labute approximate surface area is 176 Å². The topological polar surface area (TPSA) is 86.2 Å². The molecule has 0 spiro atoms. The fourth-order valence-corrected chi connectivity index (χ4v) is 3.47. The number of hydrogen-bond donors (Lipinski definition) is 0. The zero-order valence-corrected chi connectivity index (χ0v) is 18.0. The van der Waals surface area contributed by atoms with Crippen molar-refractivity contribution in [2.45, 2.75) is 18.9 Å². The number of likely N-dealkylation sites (tertiary alicyclic amines) is 1. The van der Waals surface area contributed by atoms with Crippen molar-refractivity contribution >= 4 is 11.7 Å². The maximum Gasteiger partial charge on any atom is 0.257 e. The van der Waals surface area contributed by atoms with Crippen LogP contribution in [0.25, 0.3) is 0 Å². The second-order valence-corrected chi connectivity index (χ2v) is 7.13. The van der Waals surface area contributed by atoms with Gasteiger partial charge in [-0.25, -0.2) is 9.97 Å². The Morgan fingerprint density at radius 2 is 1.73 bits per heavy atom. The number of rotatable bonds is 7. The lowest BCUT2D eigenvalue weighted by atomic mass is 10.1. The summed E-state index contributed by atoms with van der Waals surface area (Å²) in [5.41, 5.74) is 0.471. The Kier molecular flexibility index (Phi) is 6.81. The van der Waals surface area contributed by atoms with Crippen LogP contribution in [0.15, 0.2) is 24.5 Å². The molecule has 30 heavy (non-hydrogen) atoms. The largest absolute Gasteiger partial charge is 0.493 e. The van der Waals surface area contributed by atoms with Gasteiger partial charge in [-0.2, -0.15) is 0 Å². The normalized spacial score (nSPS) is 16.0. The molecule has 0 saturated carbocycles. The molecule has 0 bridgehead atoms. The number of ether oxygens (including phenoxy) is 4. The summed E-state index contributed by atoms with van der Waals surface area (Å²) in [6, 6.07) is 3.34. The van der Waals surface area contributed by atoms with Crippen LogP contribution in [0.1, 0.15) is 23.2 Å². The average Bonchev–Trinajstić information content (AvgIpc) is 2.77. The number of piperidine rings is 1. The number of benzene rings is 1. The van der Waals surface area contributed by atoms with Crippen molar-refractivity contribution in [2.75, 3.05) is 53.4 Å². The van der Waals surface area contributed by atoms with Crippen molar-refractivity contribution in [1.29, 1.82) is 0 Å². The van der Waals surface area contributed by atoms with Gasteiger partial charge in [0, 0.05) is 38.6 Å². The fraction of sp³-hybridized carbons (Fsp3) is 0.476. The summed E-state index contributed by atoms with van der Waals surface area (Å²) in [6.45, 7) is 1.11. The number of nitrogens with zero attached hydrogens (tertiary/aromatic N) is 4. The summed E-state index contributed by atoms with van der Waals surface area (Å²) >= 11 is 0. The van der Waals surface area contributed by atoms with E-state index in [0.29, 0.717) is 47.6 Å². The zero-order chi connectivity index (χ0) is 21.7. The van der Waals surface area contributed by atoms with Gasteiger partial charge in [0.05, 0.1) is 27.9 Å². The number of anilines is 1. The molecule has 1 unspecified atom stereocenters. The summed E-state index contributed by atoms with van der Waals surface area (Å²) < 4.78 is 22.2. The molecule has 162 valence electrons. The molecule has 3 rings (SSSR count). The van der Waals surface area contributed by atoms with Gasteiger partial charge >= 0.3 is 0 Å². The maximum absolute atomic E-state index is 13.2. The van der Waals surface area contributed by atoms with Crippen molar-refractivity contribution in [1.82, 2.24) is 14.9 Å². The molecule has 1 aliphatic rings. The number of methoxy groups -OCH3 is 3. The van der Waals surface area contributed by atoms with Crippen molar-refractivity contribution in [3.05, 3.63) is 30.1 Å². The quantitative estimate of drug-likeness (QED) is 0.679. The van der Waals surface area contributed by atoms with Crippen LogP contribution in [0, 0.1) is 0 Å². The predicted octanol–water partition coefficient (Wildman–Crippen LogP) is 2.25. The minimum atomic E-state index is -0.167. The summed E-state index contributed by atoms with van der Waals surface area (Å²) in [7, 11) is 8.36.